The first-order chi connectivity index (χ1) is 7.69. The van der Waals surface area contributed by atoms with Gasteiger partial charge in [-0.15, -0.1) is 0 Å². The summed E-state index contributed by atoms with van der Waals surface area (Å²) in [6.45, 7) is 6.37. The minimum Gasteiger partial charge on any atom is -0.344 e. The molecule has 0 saturated carbocycles. The third-order valence-electron chi connectivity index (χ3n) is 3.05. The van der Waals surface area contributed by atoms with Crippen LogP contribution in [0.4, 0.5) is 0 Å². The Morgan fingerprint density at radius 1 is 1.25 bits per heavy atom. The molecule has 0 aliphatic carbocycles. The molecular weight excluding hydrogens is 198 g/mol. The maximum Gasteiger partial charge on any atom is 0.106 e. The molecule has 0 aliphatic heterocycles. The van der Waals surface area contributed by atoms with Crippen LogP contribution in [0.2, 0.25) is 0 Å². The number of H-pyrrole nitrogens is 1. The van der Waals surface area contributed by atoms with Gasteiger partial charge in [-0.1, -0.05) is 33.1 Å². The van der Waals surface area contributed by atoms with E-state index in [1.165, 1.54) is 25.7 Å². The van der Waals surface area contributed by atoms with Crippen LogP contribution in [0.25, 0.3) is 0 Å². The second-order valence-electron chi connectivity index (χ2n) is 4.51. The number of aromatic nitrogens is 2. The van der Waals surface area contributed by atoms with Gasteiger partial charge in [0.15, 0.2) is 0 Å². The molecule has 1 aromatic heterocycles. The van der Waals surface area contributed by atoms with Gasteiger partial charge in [0.2, 0.25) is 0 Å². The van der Waals surface area contributed by atoms with E-state index in [-0.39, 0.29) is 6.04 Å². The normalized spacial score (nSPS) is 13.0. The van der Waals surface area contributed by atoms with Crippen molar-refractivity contribution < 1.29 is 0 Å². The van der Waals surface area contributed by atoms with E-state index in [0.29, 0.717) is 0 Å². The number of rotatable bonds is 7. The first kappa shape index (κ1) is 13.2. The van der Waals surface area contributed by atoms with Crippen LogP contribution in [0, 0.1) is 6.92 Å². The summed E-state index contributed by atoms with van der Waals surface area (Å²) in [5, 5.41) is 0. The Labute approximate surface area is 98.8 Å². The van der Waals surface area contributed by atoms with Gasteiger partial charge in [-0.25, -0.2) is 4.98 Å². The lowest BCUT2D eigenvalue weighted by Crippen LogP contribution is -2.10. The molecular formula is C13H25N3. The third-order valence-corrected chi connectivity index (χ3v) is 3.05. The molecule has 3 nitrogen and oxygen atoms in total. The number of nitrogens with one attached hydrogen (secondary N) is 1. The highest BCUT2D eigenvalue weighted by atomic mass is 15.0. The molecule has 92 valence electrons. The number of unbranched alkanes of at least 4 members (excludes halogenated alkanes) is 3. The van der Waals surface area contributed by atoms with Gasteiger partial charge < -0.3 is 10.7 Å². The molecule has 16 heavy (non-hydrogen) atoms. The van der Waals surface area contributed by atoms with E-state index in [1.807, 2.05) is 6.92 Å². The maximum atomic E-state index is 6.01. The predicted molar refractivity (Wildman–Crippen MR) is 68.4 cm³/mol. The van der Waals surface area contributed by atoms with Gasteiger partial charge in [-0.05, 0) is 19.8 Å². The standard InChI is InChI=1S/C13H25N3/c1-4-6-7-8-9-12-15-10(3)13(16-12)11(14)5-2/h11H,4-9,14H2,1-3H3,(H,15,16). The lowest BCUT2D eigenvalue weighted by molar-refractivity contribution is 0.648. The number of aryl methyl sites for hydroxylation is 2. The molecule has 3 heteroatoms. The first-order valence-electron chi connectivity index (χ1n) is 6.50. The van der Waals surface area contributed by atoms with Crippen molar-refractivity contribution >= 4 is 0 Å². The van der Waals surface area contributed by atoms with Crippen LogP contribution in [0.5, 0.6) is 0 Å². The Hall–Kier alpha value is -0.830. The smallest absolute Gasteiger partial charge is 0.106 e. The van der Waals surface area contributed by atoms with E-state index < -0.39 is 0 Å². The van der Waals surface area contributed by atoms with Crippen molar-refractivity contribution in [1.82, 2.24) is 9.97 Å². The van der Waals surface area contributed by atoms with Crippen molar-refractivity contribution in [2.75, 3.05) is 0 Å². The predicted octanol–water partition coefficient (Wildman–Crippen LogP) is 3.25. The summed E-state index contributed by atoms with van der Waals surface area (Å²) in [5.41, 5.74) is 8.20. The summed E-state index contributed by atoms with van der Waals surface area (Å²) in [7, 11) is 0. The fourth-order valence-electron chi connectivity index (χ4n) is 1.94. The molecule has 1 aromatic rings. The molecule has 1 unspecified atom stereocenters. The first-order valence-corrected chi connectivity index (χ1v) is 6.50. The molecule has 0 spiro atoms. The lowest BCUT2D eigenvalue weighted by Gasteiger charge is -2.06. The summed E-state index contributed by atoms with van der Waals surface area (Å²) in [5.74, 6) is 1.10. The Morgan fingerprint density at radius 2 is 2.00 bits per heavy atom. The summed E-state index contributed by atoms with van der Waals surface area (Å²) < 4.78 is 0. The fraction of sp³-hybridized carbons (Fsp3) is 0.769. The van der Waals surface area contributed by atoms with Crippen molar-refractivity contribution in [2.45, 2.75) is 65.3 Å². The third kappa shape index (κ3) is 3.63. The zero-order chi connectivity index (χ0) is 12.0. The molecule has 0 fully saturated rings. The topological polar surface area (TPSA) is 54.7 Å². The van der Waals surface area contributed by atoms with Gasteiger partial charge in [0.05, 0.1) is 11.4 Å². The second-order valence-corrected chi connectivity index (χ2v) is 4.51. The number of aromatic amines is 1. The highest BCUT2D eigenvalue weighted by Crippen LogP contribution is 2.16. The molecule has 1 rings (SSSR count). The highest BCUT2D eigenvalue weighted by Gasteiger charge is 2.11. The molecule has 0 radical (unpaired) electrons. The number of nitrogens with two attached hydrogens (primary N) is 1. The minimum atomic E-state index is 0.108. The summed E-state index contributed by atoms with van der Waals surface area (Å²) in [6.07, 6.45) is 7.13. The van der Waals surface area contributed by atoms with E-state index in [1.54, 1.807) is 0 Å². The molecule has 1 heterocycles. The van der Waals surface area contributed by atoms with Gasteiger partial charge in [-0.3, -0.25) is 0 Å². The van der Waals surface area contributed by atoms with E-state index >= 15 is 0 Å². The van der Waals surface area contributed by atoms with E-state index in [2.05, 4.69) is 23.8 Å². The second kappa shape index (κ2) is 6.69. The van der Waals surface area contributed by atoms with Crippen molar-refractivity contribution in [3.63, 3.8) is 0 Å². The van der Waals surface area contributed by atoms with Gasteiger partial charge in [0, 0.05) is 12.5 Å². The maximum absolute atomic E-state index is 6.01. The number of nitrogens with zero attached hydrogens (tertiary/aromatic N) is 1. The molecule has 0 saturated heterocycles. The summed E-state index contributed by atoms with van der Waals surface area (Å²) >= 11 is 0. The highest BCUT2D eigenvalue weighted by molar-refractivity contribution is 5.16. The average Bonchev–Trinajstić information content (AvgIpc) is 2.65. The quantitative estimate of drug-likeness (QED) is 0.697. The zero-order valence-electron chi connectivity index (χ0n) is 10.8. The largest absolute Gasteiger partial charge is 0.344 e. The average molecular weight is 223 g/mol. The van der Waals surface area contributed by atoms with Crippen LogP contribution in [0.15, 0.2) is 0 Å². The molecule has 3 N–H and O–H groups in total. The fourth-order valence-corrected chi connectivity index (χ4v) is 1.94. The van der Waals surface area contributed by atoms with Crippen LogP contribution in [0.1, 0.15) is 69.2 Å². The van der Waals surface area contributed by atoms with Gasteiger partial charge in [0.1, 0.15) is 5.82 Å². The number of hydrogen-bond acceptors (Lipinski definition) is 2. The Bertz CT molecular complexity index is 304. The Kier molecular flexibility index (Phi) is 5.53. The van der Waals surface area contributed by atoms with Gasteiger partial charge >= 0.3 is 0 Å². The van der Waals surface area contributed by atoms with Crippen LogP contribution in [-0.4, -0.2) is 9.97 Å². The van der Waals surface area contributed by atoms with E-state index in [9.17, 15) is 0 Å². The summed E-state index contributed by atoms with van der Waals surface area (Å²) in [6, 6.07) is 0.108. The molecule has 0 aromatic carbocycles. The van der Waals surface area contributed by atoms with Crippen molar-refractivity contribution in [2.24, 2.45) is 5.73 Å². The molecule has 0 aliphatic rings. The van der Waals surface area contributed by atoms with Crippen molar-refractivity contribution in [3.8, 4) is 0 Å². The Balaban J connectivity index is 2.49. The van der Waals surface area contributed by atoms with Crippen LogP contribution in [0.3, 0.4) is 0 Å². The SMILES string of the molecule is CCCCCCc1nc(C)c(C(N)CC)[nH]1. The Morgan fingerprint density at radius 3 is 2.62 bits per heavy atom. The van der Waals surface area contributed by atoms with Gasteiger partial charge in [0.25, 0.3) is 0 Å². The van der Waals surface area contributed by atoms with Crippen molar-refractivity contribution in [3.05, 3.63) is 17.2 Å². The number of imidazole rings is 1. The lowest BCUT2D eigenvalue weighted by atomic mass is 10.1. The van der Waals surface area contributed by atoms with Crippen LogP contribution < -0.4 is 5.73 Å². The van der Waals surface area contributed by atoms with Crippen LogP contribution in [-0.2, 0) is 6.42 Å². The molecule has 0 amide bonds. The molecule has 0 bridgehead atoms. The molecule has 1 atom stereocenters. The number of hydrogen-bond donors (Lipinski definition) is 2. The van der Waals surface area contributed by atoms with Crippen LogP contribution >= 0.6 is 0 Å². The van der Waals surface area contributed by atoms with E-state index in [4.69, 9.17) is 5.73 Å². The minimum absolute atomic E-state index is 0.108. The zero-order valence-corrected chi connectivity index (χ0v) is 10.8. The van der Waals surface area contributed by atoms with Crippen molar-refractivity contribution in [1.29, 1.82) is 0 Å². The van der Waals surface area contributed by atoms with E-state index in [0.717, 1.165) is 30.1 Å². The van der Waals surface area contributed by atoms with Gasteiger partial charge in [-0.2, -0.15) is 0 Å². The monoisotopic (exact) mass is 223 g/mol. The summed E-state index contributed by atoms with van der Waals surface area (Å²) in [4.78, 5) is 7.91.